The number of rotatable bonds is 6. The first-order valence-corrected chi connectivity index (χ1v) is 15.1. The minimum absolute atomic E-state index is 0.113. The van der Waals surface area contributed by atoms with Gasteiger partial charge in [0.2, 0.25) is 11.8 Å². The Labute approximate surface area is 278 Å². The highest BCUT2D eigenvalue weighted by Gasteiger charge is 2.29. The van der Waals surface area contributed by atoms with Crippen molar-refractivity contribution in [2.24, 2.45) is 5.73 Å². The molecule has 0 bridgehead atoms. The Morgan fingerprint density at radius 2 is 1.46 bits per heavy atom. The predicted octanol–water partition coefficient (Wildman–Crippen LogP) is 0.631. The number of aliphatic hydroxyl groups is 1. The first-order chi connectivity index (χ1) is 22.8. The van der Waals surface area contributed by atoms with Crippen LogP contribution >= 0.6 is 0 Å². The van der Waals surface area contributed by atoms with E-state index in [1.54, 1.807) is 0 Å². The Morgan fingerprint density at radius 3 is 1.90 bits per heavy atom. The van der Waals surface area contributed by atoms with Crippen LogP contribution in [0.4, 0.5) is 0 Å². The van der Waals surface area contributed by atoms with Crippen molar-refractivity contribution in [3.05, 3.63) is 68.6 Å². The van der Waals surface area contributed by atoms with Crippen molar-refractivity contribution in [2.45, 2.75) is 65.0 Å². The fraction of sp³-hybridized carbons (Fsp3) is 0.500. The number of carbonyl (C=O) groups is 6. The molecule has 1 aliphatic carbocycles. The molecule has 3 heterocycles. The molecule has 1 aliphatic heterocycles. The van der Waals surface area contributed by atoms with Crippen LogP contribution in [0.1, 0.15) is 79.6 Å². The molecule has 4 rings (SSSR count). The molecule has 4 N–H and O–H groups in total. The Bertz CT molecular complexity index is 1450. The third-order valence-electron chi connectivity index (χ3n) is 6.88. The summed E-state index contributed by atoms with van der Waals surface area (Å²) < 4.78 is 14.6. The number of aromatic nitrogens is 1. The van der Waals surface area contributed by atoms with E-state index in [0.717, 1.165) is 19.4 Å². The van der Waals surface area contributed by atoms with Gasteiger partial charge in [-0.15, -0.1) is 0 Å². The highest BCUT2D eigenvalue weighted by molar-refractivity contribution is 6.03. The summed E-state index contributed by atoms with van der Waals surface area (Å²) in [4.78, 5) is 90.7. The molecule has 1 saturated heterocycles. The van der Waals surface area contributed by atoms with Crippen LogP contribution in [0, 0.1) is 0 Å². The summed E-state index contributed by atoms with van der Waals surface area (Å²) in [5, 5.41) is 9.13. The molecule has 48 heavy (non-hydrogen) atoms. The predicted molar refractivity (Wildman–Crippen MR) is 173 cm³/mol. The first-order valence-electron chi connectivity index (χ1n) is 15.1. The van der Waals surface area contributed by atoms with Gasteiger partial charge in [0.05, 0.1) is 43.9 Å². The number of hydrogen-bond donors (Lipinski definition) is 3. The van der Waals surface area contributed by atoms with E-state index < -0.39 is 29.6 Å². The molecule has 0 spiro atoms. The SMILES string of the molecule is CCN(CC)CC.CO.COC(=O)c1ccc(=O)n(C2CCC(=O)CC2=O)c1.COC(=O)c1ccc(=O)oc1.NC1CCC(=O)NC1=O. The van der Waals surface area contributed by atoms with Gasteiger partial charge in [-0.05, 0) is 44.6 Å². The number of carbonyl (C=O) groups excluding carboxylic acids is 6. The van der Waals surface area contributed by atoms with E-state index in [9.17, 15) is 38.4 Å². The molecule has 16 heteroatoms. The molecule has 2 amide bonds. The Hall–Kier alpha value is -4.80. The van der Waals surface area contributed by atoms with Crippen molar-refractivity contribution < 1.29 is 47.8 Å². The normalized spacial score (nSPS) is 16.6. The monoisotopic (exact) mass is 678 g/mol. The number of nitrogens with one attached hydrogen (secondary N) is 1. The molecular weight excluding hydrogens is 632 g/mol. The number of nitrogens with two attached hydrogens (primary N) is 1. The minimum atomic E-state index is -0.671. The van der Waals surface area contributed by atoms with E-state index in [2.05, 4.69) is 44.9 Å². The number of pyridine rings is 1. The standard InChI is InChI=1S/C13H13NO5.C7H6O4.C6H15N.C5H8N2O2.CH4O/c1-19-13(18)8-2-5-12(17)14(7-8)10-4-3-9(15)6-11(10)16;1-10-7(9)5-2-3-6(8)11-4-5;1-4-7(5-2)6-3;6-3-1-2-4(8)7-5(3)9;1-2/h2,5,7,10H,3-4,6H2,1H3;2-4H,1H3;4-6H2,1-3H3;3H,1-2,6H2,(H,7,8,9);2H,1H3. The number of ketones is 2. The second kappa shape index (κ2) is 23.5. The zero-order valence-corrected chi connectivity index (χ0v) is 28.2. The molecule has 2 aromatic rings. The van der Waals surface area contributed by atoms with E-state index in [1.807, 2.05) is 0 Å². The molecule has 1 saturated carbocycles. The zero-order valence-electron chi connectivity index (χ0n) is 28.2. The van der Waals surface area contributed by atoms with Gasteiger partial charge in [-0.25, -0.2) is 14.4 Å². The number of methoxy groups -OCH3 is 2. The summed E-state index contributed by atoms with van der Waals surface area (Å²) in [5.74, 6) is -2.08. The summed E-state index contributed by atoms with van der Waals surface area (Å²) >= 11 is 0. The summed E-state index contributed by atoms with van der Waals surface area (Å²) in [6.45, 7) is 10.1. The van der Waals surface area contributed by atoms with Crippen LogP contribution in [0.25, 0.3) is 0 Å². The molecule has 2 atom stereocenters. The van der Waals surface area contributed by atoms with Gasteiger partial charge < -0.3 is 34.2 Å². The maximum Gasteiger partial charge on any atom is 0.341 e. The van der Waals surface area contributed by atoms with Crippen LogP contribution in [-0.2, 0) is 28.7 Å². The number of imide groups is 1. The fourth-order valence-electron chi connectivity index (χ4n) is 4.11. The van der Waals surface area contributed by atoms with Crippen LogP contribution in [0.5, 0.6) is 0 Å². The lowest BCUT2D eigenvalue weighted by Gasteiger charge is -2.22. The lowest BCUT2D eigenvalue weighted by molar-refractivity contribution is -0.134. The molecule has 16 nitrogen and oxygen atoms in total. The molecular formula is C32H46N4O12. The molecule has 0 radical (unpaired) electrons. The van der Waals surface area contributed by atoms with Crippen molar-refractivity contribution in [3.8, 4) is 0 Å². The summed E-state index contributed by atoms with van der Waals surface area (Å²) in [5.41, 5.74) is 4.84. The number of hydrogen-bond acceptors (Lipinski definition) is 14. The quantitative estimate of drug-likeness (QED) is 0.216. The third kappa shape index (κ3) is 15.2. The molecule has 2 aliphatic rings. The molecule has 2 unspecified atom stereocenters. The van der Waals surface area contributed by atoms with E-state index in [0.29, 0.717) is 19.3 Å². The fourth-order valence-corrected chi connectivity index (χ4v) is 4.11. The summed E-state index contributed by atoms with van der Waals surface area (Å²) in [6, 6.07) is 3.92. The van der Waals surface area contributed by atoms with Gasteiger partial charge >= 0.3 is 17.6 Å². The van der Waals surface area contributed by atoms with Gasteiger partial charge in [-0.1, -0.05) is 20.8 Å². The minimum Gasteiger partial charge on any atom is -0.465 e. The van der Waals surface area contributed by atoms with Crippen molar-refractivity contribution in [1.29, 1.82) is 0 Å². The number of nitrogens with zero attached hydrogens (tertiary/aromatic N) is 2. The van der Waals surface area contributed by atoms with E-state index in [4.69, 9.17) is 10.8 Å². The Balaban J connectivity index is 0.000000651. The van der Waals surface area contributed by atoms with Crippen LogP contribution in [-0.4, -0.2) is 96.9 Å². The second-order valence-electron chi connectivity index (χ2n) is 9.90. The molecule has 0 aromatic carbocycles. The Morgan fingerprint density at radius 1 is 0.896 bits per heavy atom. The van der Waals surface area contributed by atoms with Crippen molar-refractivity contribution in [2.75, 3.05) is 41.0 Å². The van der Waals surface area contributed by atoms with Gasteiger partial charge in [0.25, 0.3) is 5.56 Å². The molecule has 2 aromatic heterocycles. The lowest BCUT2D eigenvalue weighted by atomic mass is 9.92. The first kappa shape index (κ1) is 43.2. The van der Waals surface area contributed by atoms with Crippen LogP contribution in [0.3, 0.4) is 0 Å². The Kier molecular flexibility index (Phi) is 21.2. The maximum absolute atomic E-state index is 11.8. The van der Waals surface area contributed by atoms with Crippen LogP contribution in [0.2, 0.25) is 0 Å². The third-order valence-corrected chi connectivity index (χ3v) is 6.88. The van der Waals surface area contributed by atoms with Gasteiger partial charge in [0.1, 0.15) is 12.0 Å². The number of piperidine rings is 1. The van der Waals surface area contributed by atoms with Crippen LogP contribution in [0.15, 0.2) is 50.7 Å². The molecule has 266 valence electrons. The lowest BCUT2D eigenvalue weighted by Crippen LogP contribution is -2.48. The van der Waals surface area contributed by atoms with Crippen molar-refractivity contribution >= 4 is 35.3 Å². The van der Waals surface area contributed by atoms with Gasteiger partial charge in [-0.2, -0.15) is 0 Å². The zero-order chi connectivity index (χ0) is 36.8. The summed E-state index contributed by atoms with van der Waals surface area (Å²) in [7, 11) is 3.50. The number of ether oxygens (including phenoxy) is 2. The number of amides is 2. The number of esters is 2. The second-order valence-corrected chi connectivity index (χ2v) is 9.90. The largest absolute Gasteiger partial charge is 0.465 e. The van der Waals surface area contributed by atoms with E-state index in [1.165, 1.54) is 62.8 Å². The highest BCUT2D eigenvalue weighted by Crippen LogP contribution is 2.22. The van der Waals surface area contributed by atoms with Crippen molar-refractivity contribution in [1.82, 2.24) is 14.8 Å². The van der Waals surface area contributed by atoms with E-state index in [-0.39, 0.29) is 52.9 Å². The van der Waals surface area contributed by atoms with Gasteiger partial charge in [0.15, 0.2) is 5.78 Å². The molecule has 2 fully saturated rings. The van der Waals surface area contributed by atoms with Crippen molar-refractivity contribution in [3.63, 3.8) is 0 Å². The topological polar surface area (TPSA) is 235 Å². The smallest absolute Gasteiger partial charge is 0.341 e. The van der Waals surface area contributed by atoms with Gasteiger partial charge in [0, 0.05) is 38.3 Å². The number of Topliss-reactive ketones (excluding diaryl/α,β-unsaturated/α-hetero) is 2. The average molecular weight is 679 g/mol. The van der Waals surface area contributed by atoms with Gasteiger partial charge in [-0.3, -0.25) is 29.3 Å². The summed E-state index contributed by atoms with van der Waals surface area (Å²) in [6.07, 6.45) is 3.63. The van der Waals surface area contributed by atoms with Crippen LogP contribution < -0.4 is 22.2 Å². The highest BCUT2D eigenvalue weighted by atomic mass is 16.5. The number of aliphatic hydroxyl groups excluding tert-OH is 1. The maximum atomic E-state index is 11.8. The van der Waals surface area contributed by atoms with E-state index >= 15 is 0 Å². The average Bonchev–Trinajstić information content (AvgIpc) is 3.09.